The van der Waals surface area contributed by atoms with Crippen LogP contribution in [0.15, 0.2) is 54.9 Å². The zero-order chi connectivity index (χ0) is 14.7. The molecule has 0 saturated heterocycles. The summed E-state index contributed by atoms with van der Waals surface area (Å²) in [5.41, 5.74) is 8.68. The zero-order valence-electron chi connectivity index (χ0n) is 12.0. The summed E-state index contributed by atoms with van der Waals surface area (Å²) in [6, 6.07) is 16.4. The minimum Gasteiger partial charge on any atom is -0.399 e. The molecular formula is C17H18N4. The number of nitrogens with two attached hydrogens (primary N) is 1. The molecule has 0 amide bonds. The maximum Gasteiger partial charge on any atom is 0.137 e. The quantitative estimate of drug-likeness (QED) is 0.719. The van der Waals surface area contributed by atoms with Gasteiger partial charge in [-0.3, -0.25) is 0 Å². The van der Waals surface area contributed by atoms with Crippen LogP contribution in [-0.4, -0.2) is 16.0 Å². The lowest BCUT2D eigenvalue weighted by Crippen LogP contribution is -2.19. The Morgan fingerprint density at radius 2 is 1.90 bits per heavy atom. The van der Waals surface area contributed by atoms with Crippen LogP contribution in [0, 0.1) is 0 Å². The van der Waals surface area contributed by atoms with Crippen molar-refractivity contribution in [2.75, 3.05) is 11.1 Å². The number of benzene rings is 2. The molecule has 2 aromatic carbocycles. The number of hydrogen-bond acceptors (Lipinski definition) is 4. The Bertz CT molecular complexity index is 740. The molecule has 4 heteroatoms. The van der Waals surface area contributed by atoms with Crippen LogP contribution in [0.5, 0.6) is 0 Å². The highest BCUT2D eigenvalue weighted by molar-refractivity contribution is 5.90. The SMILES string of the molecule is CC(Cc1ccccc1)Nc1ncnc2cc(N)ccc12. The number of nitrogens with zero attached hydrogens (tertiary/aromatic N) is 2. The molecule has 0 radical (unpaired) electrons. The van der Waals surface area contributed by atoms with E-state index in [0.717, 1.165) is 23.1 Å². The van der Waals surface area contributed by atoms with Crippen LogP contribution in [-0.2, 0) is 6.42 Å². The second kappa shape index (κ2) is 5.79. The molecule has 21 heavy (non-hydrogen) atoms. The molecule has 0 bridgehead atoms. The Morgan fingerprint density at radius 1 is 1.10 bits per heavy atom. The first-order valence-electron chi connectivity index (χ1n) is 7.03. The Labute approximate surface area is 124 Å². The minimum absolute atomic E-state index is 0.281. The molecule has 0 spiro atoms. The van der Waals surface area contributed by atoms with Crippen molar-refractivity contribution in [2.24, 2.45) is 0 Å². The molecule has 1 heterocycles. The number of rotatable bonds is 4. The predicted octanol–water partition coefficient (Wildman–Crippen LogP) is 3.26. The lowest BCUT2D eigenvalue weighted by Gasteiger charge is -2.16. The van der Waals surface area contributed by atoms with Crippen molar-refractivity contribution >= 4 is 22.4 Å². The molecule has 3 N–H and O–H groups in total. The summed E-state index contributed by atoms with van der Waals surface area (Å²) in [7, 11) is 0. The van der Waals surface area contributed by atoms with Gasteiger partial charge in [-0.25, -0.2) is 9.97 Å². The van der Waals surface area contributed by atoms with E-state index in [1.54, 1.807) is 6.33 Å². The number of fused-ring (bicyclic) bond motifs is 1. The van der Waals surface area contributed by atoms with Gasteiger partial charge < -0.3 is 11.1 Å². The van der Waals surface area contributed by atoms with Crippen LogP contribution >= 0.6 is 0 Å². The van der Waals surface area contributed by atoms with Crippen molar-refractivity contribution in [3.63, 3.8) is 0 Å². The van der Waals surface area contributed by atoms with Gasteiger partial charge in [0.2, 0.25) is 0 Å². The molecule has 0 aliphatic carbocycles. The highest BCUT2D eigenvalue weighted by Crippen LogP contribution is 2.22. The third-order valence-electron chi connectivity index (χ3n) is 3.43. The maximum atomic E-state index is 5.80. The standard InChI is InChI=1S/C17H18N4/c1-12(9-13-5-3-2-4-6-13)21-17-15-8-7-14(18)10-16(15)19-11-20-17/h2-8,10-12H,9,18H2,1H3,(H,19,20,21). The van der Waals surface area contributed by atoms with Gasteiger partial charge in [0, 0.05) is 17.1 Å². The maximum absolute atomic E-state index is 5.80. The topological polar surface area (TPSA) is 63.8 Å². The average Bonchev–Trinajstić information content (AvgIpc) is 2.48. The molecule has 0 aliphatic heterocycles. The highest BCUT2D eigenvalue weighted by atomic mass is 15.0. The number of hydrogen-bond donors (Lipinski definition) is 2. The molecule has 0 aliphatic rings. The largest absolute Gasteiger partial charge is 0.399 e. The summed E-state index contributed by atoms with van der Waals surface area (Å²) in [6.07, 6.45) is 2.51. The van der Waals surface area contributed by atoms with Gasteiger partial charge in [-0.15, -0.1) is 0 Å². The zero-order valence-corrected chi connectivity index (χ0v) is 12.0. The first kappa shape index (κ1) is 13.4. The van der Waals surface area contributed by atoms with Crippen LogP contribution < -0.4 is 11.1 Å². The van der Waals surface area contributed by atoms with Gasteiger partial charge in [-0.1, -0.05) is 30.3 Å². The Kier molecular flexibility index (Phi) is 3.69. The van der Waals surface area contributed by atoms with Crippen LogP contribution in [0.25, 0.3) is 10.9 Å². The second-order valence-electron chi connectivity index (χ2n) is 5.23. The molecule has 1 aromatic heterocycles. The van der Waals surface area contributed by atoms with E-state index in [0.29, 0.717) is 5.69 Å². The van der Waals surface area contributed by atoms with Gasteiger partial charge in [-0.2, -0.15) is 0 Å². The van der Waals surface area contributed by atoms with E-state index in [1.807, 2.05) is 24.3 Å². The van der Waals surface area contributed by atoms with Crippen LogP contribution in [0.3, 0.4) is 0 Å². The number of nitrogens with one attached hydrogen (secondary N) is 1. The molecular weight excluding hydrogens is 260 g/mol. The lowest BCUT2D eigenvalue weighted by molar-refractivity contribution is 0.786. The van der Waals surface area contributed by atoms with E-state index in [1.165, 1.54) is 5.56 Å². The number of anilines is 2. The van der Waals surface area contributed by atoms with Gasteiger partial charge in [0.05, 0.1) is 5.52 Å². The van der Waals surface area contributed by atoms with Crippen molar-refractivity contribution in [3.05, 3.63) is 60.4 Å². The van der Waals surface area contributed by atoms with Crippen molar-refractivity contribution < 1.29 is 0 Å². The summed E-state index contributed by atoms with van der Waals surface area (Å²) < 4.78 is 0. The van der Waals surface area contributed by atoms with Crippen LogP contribution in [0.1, 0.15) is 12.5 Å². The predicted molar refractivity (Wildman–Crippen MR) is 87.2 cm³/mol. The van der Waals surface area contributed by atoms with Crippen molar-refractivity contribution in [1.82, 2.24) is 9.97 Å². The third-order valence-corrected chi connectivity index (χ3v) is 3.43. The van der Waals surface area contributed by atoms with E-state index in [9.17, 15) is 0 Å². The first-order valence-corrected chi connectivity index (χ1v) is 7.03. The average molecular weight is 278 g/mol. The van der Waals surface area contributed by atoms with Crippen molar-refractivity contribution in [1.29, 1.82) is 0 Å². The minimum atomic E-state index is 0.281. The fraction of sp³-hybridized carbons (Fsp3) is 0.176. The van der Waals surface area contributed by atoms with E-state index < -0.39 is 0 Å². The van der Waals surface area contributed by atoms with E-state index in [2.05, 4.69) is 46.5 Å². The molecule has 3 aromatic rings. The summed E-state index contributed by atoms with van der Waals surface area (Å²) >= 11 is 0. The van der Waals surface area contributed by atoms with Gasteiger partial charge in [0.1, 0.15) is 12.1 Å². The van der Waals surface area contributed by atoms with E-state index >= 15 is 0 Å². The van der Waals surface area contributed by atoms with Gasteiger partial charge in [0.25, 0.3) is 0 Å². The molecule has 0 fully saturated rings. The Balaban J connectivity index is 1.81. The summed E-state index contributed by atoms with van der Waals surface area (Å²) in [5, 5.41) is 4.45. The normalized spacial score (nSPS) is 12.2. The molecule has 1 unspecified atom stereocenters. The summed E-state index contributed by atoms with van der Waals surface area (Å²) in [4.78, 5) is 8.62. The number of aromatic nitrogens is 2. The highest BCUT2D eigenvalue weighted by Gasteiger charge is 2.08. The molecule has 0 saturated carbocycles. The van der Waals surface area contributed by atoms with E-state index in [4.69, 9.17) is 5.73 Å². The molecule has 4 nitrogen and oxygen atoms in total. The monoisotopic (exact) mass is 278 g/mol. The Morgan fingerprint density at radius 3 is 2.71 bits per heavy atom. The Hall–Kier alpha value is -2.62. The fourth-order valence-electron chi connectivity index (χ4n) is 2.44. The second-order valence-corrected chi connectivity index (χ2v) is 5.23. The lowest BCUT2D eigenvalue weighted by atomic mass is 10.1. The van der Waals surface area contributed by atoms with Gasteiger partial charge in [-0.05, 0) is 37.1 Å². The molecule has 1 atom stereocenters. The summed E-state index contributed by atoms with van der Waals surface area (Å²) in [5.74, 6) is 0.850. The molecule has 106 valence electrons. The van der Waals surface area contributed by atoms with Gasteiger partial charge >= 0.3 is 0 Å². The van der Waals surface area contributed by atoms with Crippen LogP contribution in [0.4, 0.5) is 11.5 Å². The van der Waals surface area contributed by atoms with Crippen LogP contribution in [0.2, 0.25) is 0 Å². The van der Waals surface area contributed by atoms with Crippen molar-refractivity contribution in [3.8, 4) is 0 Å². The van der Waals surface area contributed by atoms with Gasteiger partial charge in [0.15, 0.2) is 0 Å². The fourth-order valence-corrected chi connectivity index (χ4v) is 2.44. The molecule has 3 rings (SSSR count). The van der Waals surface area contributed by atoms with E-state index in [-0.39, 0.29) is 6.04 Å². The smallest absolute Gasteiger partial charge is 0.137 e. The summed E-state index contributed by atoms with van der Waals surface area (Å²) in [6.45, 7) is 2.15. The number of nitrogen functional groups attached to an aromatic ring is 1. The third kappa shape index (κ3) is 3.11. The van der Waals surface area contributed by atoms with Crippen molar-refractivity contribution in [2.45, 2.75) is 19.4 Å². The first-order chi connectivity index (χ1) is 10.2.